The van der Waals surface area contributed by atoms with Gasteiger partial charge in [0.15, 0.2) is 5.82 Å². The number of hydrogen-bond acceptors (Lipinski definition) is 8. The molecule has 0 aliphatic carbocycles. The van der Waals surface area contributed by atoms with Crippen molar-refractivity contribution >= 4 is 38.5 Å². The van der Waals surface area contributed by atoms with Gasteiger partial charge in [-0.05, 0) is 68.8 Å². The van der Waals surface area contributed by atoms with Crippen molar-refractivity contribution in [1.82, 2.24) is 19.8 Å². The van der Waals surface area contributed by atoms with E-state index in [1.165, 1.54) is 24.3 Å². The van der Waals surface area contributed by atoms with Gasteiger partial charge in [-0.15, -0.1) is 6.42 Å². The summed E-state index contributed by atoms with van der Waals surface area (Å²) in [6, 6.07) is 6.57. The maximum absolute atomic E-state index is 17.6. The molecule has 4 fully saturated rings. The number of phenolic OH excluding ortho intramolecular Hbond substituents is 1. The van der Waals surface area contributed by atoms with Gasteiger partial charge in [0.1, 0.15) is 47.0 Å². The molecule has 0 spiro atoms. The predicted molar refractivity (Wildman–Crippen MR) is 191 cm³/mol. The van der Waals surface area contributed by atoms with Gasteiger partial charge < -0.3 is 19.2 Å². The van der Waals surface area contributed by atoms with E-state index in [0.717, 1.165) is 19.4 Å². The Balaban J connectivity index is 1.24. The number of benzene rings is 3. The minimum absolute atomic E-state index is 0.0817. The molecule has 0 saturated carbocycles. The maximum Gasteiger partial charge on any atom is 0.390 e. The van der Waals surface area contributed by atoms with Crippen molar-refractivity contribution in [3.8, 4) is 35.2 Å². The minimum atomic E-state index is -4.28. The molecule has 4 saturated heterocycles. The molecule has 2 bridgehead atoms. The molecule has 9 rings (SSSR count). The normalized spacial score (nSPS) is 24.6. The second-order valence-corrected chi connectivity index (χ2v) is 15.3. The fourth-order valence-corrected chi connectivity index (χ4v) is 9.67. The zero-order valence-corrected chi connectivity index (χ0v) is 29.4. The summed E-state index contributed by atoms with van der Waals surface area (Å²) in [4.78, 5) is 15.5. The smallest absolute Gasteiger partial charge is 0.390 e. The van der Waals surface area contributed by atoms with E-state index in [-0.39, 0.29) is 70.2 Å². The van der Waals surface area contributed by atoms with Crippen LogP contribution in [0.4, 0.5) is 32.2 Å². The Morgan fingerprint density at radius 1 is 1.07 bits per heavy atom. The summed E-state index contributed by atoms with van der Waals surface area (Å²) in [5.74, 6) is 1.39. The topological polar surface area (TPSA) is 78.1 Å². The molecule has 3 aromatic carbocycles. The average molecular weight is 750 g/mol. The van der Waals surface area contributed by atoms with Gasteiger partial charge in [0, 0.05) is 61.0 Å². The number of aromatic nitrogens is 2. The number of anilines is 1. The first-order valence-electron chi connectivity index (χ1n) is 18.3. The van der Waals surface area contributed by atoms with Gasteiger partial charge in [0.2, 0.25) is 0 Å². The quantitative estimate of drug-likeness (QED) is 0.133. The van der Waals surface area contributed by atoms with Crippen LogP contribution in [0, 0.1) is 30.9 Å². The van der Waals surface area contributed by atoms with E-state index < -0.39 is 35.9 Å². The highest BCUT2D eigenvalue weighted by molar-refractivity contribution is 6.18. The second-order valence-electron chi connectivity index (χ2n) is 15.3. The molecule has 2 aromatic heterocycles. The van der Waals surface area contributed by atoms with E-state index in [0.29, 0.717) is 66.6 Å². The molecule has 0 radical (unpaired) electrons. The van der Waals surface area contributed by atoms with Crippen LogP contribution in [0.5, 0.6) is 11.8 Å². The van der Waals surface area contributed by atoms with Crippen LogP contribution >= 0.6 is 0 Å². The van der Waals surface area contributed by atoms with Crippen molar-refractivity contribution in [1.29, 1.82) is 0 Å². The fraction of sp³-hybridized carbons (Fsp3) is 0.450. The number of aromatic hydroxyl groups is 1. The molecule has 54 heavy (non-hydrogen) atoms. The fourth-order valence-electron chi connectivity index (χ4n) is 9.67. The van der Waals surface area contributed by atoms with E-state index >= 15 is 8.78 Å². The Morgan fingerprint density at radius 3 is 2.59 bits per heavy atom. The summed E-state index contributed by atoms with van der Waals surface area (Å²) in [6.07, 6.45) is 2.89. The van der Waals surface area contributed by atoms with Gasteiger partial charge >= 0.3 is 12.2 Å². The number of rotatable bonds is 7. The van der Waals surface area contributed by atoms with Crippen molar-refractivity contribution in [3.63, 3.8) is 0 Å². The Morgan fingerprint density at radius 2 is 1.85 bits per heavy atom. The number of hydrogen-bond donors (Lipinski definition) is 1. The van der Waals surface area contributed by atoms with Gasteiger partial charge in [-0.2, -0.15) is 23.1 Å². The summed E-state index contributed by atoms with van der Waals surface area (Å²) in [6.45, 7) is 3.39. The molecule has 14 heteroatoms. The van der Waals surface area contributed by atoms with Gasteiger partial charge in [-0.3, -0.25) is 9.80 Å². The number of fused-ring (bicyclic) bond motifs is 7. The van der Waals surface area contributed by atoms with Gasteiger partial charge in [-0.25, -0.2) is 13.2 Å². The van der Waals surface area contributed by atoms with E-state index in [2.05, 4.69) is 15.8 Å². The molecule has 0 unspecified atom stereocenters. The first-order chi connectivity index (χ1) is 25.8. The maximum atomic E-state index is 17.6. The van der Waals surface area contributed by atoms with E-state index in [4.69, 9.17) is 20.6 Å². The van der Waals surface area contributed by atoms with Crippen LogP contribution in [0.25, 0.3) is 43.8 Å². The number of alkyl halides is 4. The molecule has 5 aromatic rings. The lowest BCUT2D eigenvalue weighted by Gasteiger charge is -2.42. The van der Waals surface area contributed by atoms with Gasteiger partial charge in [0.05, 0.1) is 28.5 Å². The molecule has 6 heterocycles. The highest BCUT2D eigenvalue weighted by atomic mass is 19.4. The zero-order chi connectivity index (χ0) is 37.7. The lowest BCUT2D eigenvalue weighted by molar-refractivity contribution is -0.139. The molecule has 4 aliphatic rings. The lowest BCUT2D eigenvalue weighted by atomic mass is 9.91. The zero-order valence-electron chi connectivity index (χ0n) is 29.4. The molecule has 4 atom stereocenters. The summed E-state index contributed by atoms with van der Waals surface area (Å²) in [5.41, 5.74) is -0.702. The van der Waals surface area contributed by atoms with Crippen LogP contribution in [0.1, 0.15) is 49.8 Å². The molecular formula is C40H37F6N5O3. The third-order valence-corrected chi connectivity index (χ3v) is 11.9. The Labute approximate surface area is 306 Å². The Kier molecular flexibility index (Phi) is 8.21. The highest BCUT2D eigenvalue weighted by Gasteiger charge is 2.50. The third-order valence-electron chi connectivity index (χ3n) is 11.9. The first kappa shape index (κ1) is 35.0. The van der Waals surface area contributed by atoms with Crippen molar-refractivity contribution < 1.29 is 40.6 Å². The van der Waals surface area contributed by atoms with Crippen LogP contribution < -0.4 is 9.64 Å². The van der Waals surface area contributed by atoms with Crippen molar-refractivity contribution in [2.75, 3.05) is 44.2 Å². The van der Waals surface area contributed by atoms with Crippen molar-refractivity contribution in [3.05, 3.63) is 53.3 Å². The standard InChI is InChI=1S/C40H37F6N5O3/c1-3-27-30(42)8-5-22-14-26(52)15-28(31(22)27)32-34(43)35-33(29-13-21(2)54-36(29)32)37(49-18-24-6-7-25(19-49)51(24)12-10-40(44,45)46)48-38(47-35)53-20-39-9-4-11-50(39)17-23(41)16-39/h1,5,8,13-15,23-25,52H,4,6-7,9-12,16-20H2,2H3/t23-,24-,25+,39+/m1/s1. The largest absolute Gasteiger partial charge is 0.508 e. The van der Waals surface area contributed by atoms with Crippen molar-refractivity contribution in [2.24, 2.45) is 0 Å². The number of phenols is 1. The van der Waals surface area contributed by atoms with Crippen LogP contribution in [0.2, 0.25) is 0 Å². The summed E-state index contributed by atoms with van der Waals surface area (Å²) >= 11 is 0. The summed E-state index contributed by atoms with van der Waals surface area (Å²) < 4.78 is 99.8. The summed E-state index contributed by atoms with van der Waals surface area (Å²) in [7, 11) is 0. The third kappa shape index (κ3) is 5.70. The number of nitrogens with zero attached hydrogens (tertiary/aromatic N) is 5. The number of furan rings is 1. The van der Waals surface area contributed by atoms with Crippen LogP contribution in [-0.4, -0.2) is 94.2 Å². The summed E-state index contributed by atoms with van der Waals surface area (Å²) in [5, 5.41) is 12.2. The van der Waals surface area contributed by atoms with Gasteiger partial charge in [0.25, 0.3) is 0 Å². The number of halogens is 6. The predicted octanol–water partition coefficient (Wildman–Crippen LogP) is 8.03. The number of ether oxygens (including phenoxy) is 1. The van der Waals surface area contributed by atoms with E-state index in [1.807, 2.05) is 9.80 Å². The number of aryl methyl sites for hydroxylation is 1. The molecule has 4 aliphatic heterocycles. The minimum Gasteiger partial charge on any atom is -0.508 e. The second kappa shape index (κ2) is 12.7. The Hall–Kier alpha value is -4.74. The molecule has 0 amide bonds. The number of terminal acetylenes is 1. The first-order valence-corrected chi connectivity index (χ1v) is 18.3. The van der Waals surface area contributed by atoms with Crippen LogP contribution in [0.15, 0.2) is 34.7 Å². The lowest BCUT2D eigenvalue weighted by Crippen LogP contribution is -2.54. The van der Waals surface area contributed by atoms with E-state index in [9.17, 15) is 22.7 Å². The Bertz CT molecular complexity index is 2360. The highest BCUT2D eigenvalue weighted by Crippen LogP contribution is 2.47. The molecule has 8 nitrogen and oxygen atoms in total. The average Bonchev–Trinajstić information content (AvgIpc) is 3.84. The SMILES string of the molecule is C#Cc1c(F)ccc2cc(O)cc(-c3c(F)c4nc(OC[C@@]56CCCN5C[C@H](F)C6)nc(N5C[C@H]6CC[C@@H](C5)N6CCC(F)(F)F)c4c4cc(C)oc34)c12. The molecule has 282 valence electrons. The molecule has 1 N–H and O–H groups in total. The van der Waals surface area contributed by atoms with Crippen LogP contribution in [0.3, 0.4) is 0 Å². The van der Waals surface area contributed by atoms with Crippen LogP contribution in [-0.2, 0) is 0 Å². The number of piperazine rings is 1. The van der Waals surface area contributed by atoms with Gasteiger partial charge in [-0.1, -0.05) is 12.0 Å². The molecular weight excluding hydrogens is 712 g/mol. The van der Waals surface area contributed by atoms with Crippen molar-refractivity contribution in [2.45, 2.75) is 75.4 Å². The van der Waals surface area contributed by atoms with E-state index in [1.54, 1.807) is 13.0 Å². The monoisotopic (exact) mass is 749 g/mol.